The maximum absolute atomic E-state index is 12.0. The van der Waals surface area contributed by atoms with Crippen LogP contribution < -0.4 is 5.32 Å². The van der Waals surface area contributed by atoms with E-state index in [2.05, 4.69) is 10.3 Å². The first-order valence-electron chi connectivity index (χ1n) is 6.01. The number of hydrogen-bond acceptors (Lipinski definition) is 4. The minimum Gasteiger partial charge on any atom is -0.436 e. The quantitative estimate of drug-likeness (QED) is 0.889. The summed E-state index contributed by atoms with van der Waals surface area (Å²) in [7, 11) is 0. The number of anilines is 1. The Kier molecular flexibility index (Phi) is 3.66. The van der Waals surface area contributed by atoms with Crippen molar-refractivity contribution >= 4 is 11.6 Å². The number of carbonyl (C=O) groups is 1. The van der Waals surface area contributed by atoms with E-state index in [0.717, 1.165) is 5.56 Å². The molecule has 2 aromatic rings. The van der Waals surface area contributed by atoms with Crippen molar-refractivity contribution in [2.24, 2.45) is 0 Å². The van der Waals surface area contributed by atoms with Crippen molar-refractivity contribution in [3.63, 3.8) is 0 Å². The van der Waals surface area contributed by atoms with Crippen LogP contribution in [0.1, 0.15) is 40.7 Å². The number of nitrogens with zero attached hydrogens (tertiary/aromatic N) is 1. The molecular weight excluding hydrogens is 244 g/mol. The van der Waals surface area contributed by atoms with Crippen molar-refractivity contribution in [2.45, 2.75) is 26.9 Å². The summed E-state index contributed by atoms with van der Waals surface area (Å²) in [5.74, 6) is 0.354. The van der Waals surface area contributed by atoms with Crippen molar-refractivity contribution in [2.75, 3.05) is 5.32 Å². The number of carbonyl (C=O) groups excluding carboxylic acids is 1. The van der Waals surface area contributed by atoms with Crippen molar-refractivity contribution in [1.82, 2.24) is 4.98 Å². The molecule has 0 aliphatic rings. The molecule has 1 aromatic carbocycles. The fourth-order valence-electron chi connectivity index (χ4n) is 1.77. The second-order valence-electron chi connectivity index (χ2n) is 4.40. The number of amides is 1. The maximum Gasteiger partial charge on any atom is 0.293 e. The van der Waals surface area contributed by atoms with E-state index in [-0.39, 0.29) is 11.7 Å². The molecule has 0 saturated carbocycles. The van der Waals surface area contributed by atoms with E-state index in [4.69, 9.17) is 4.42 Å². The van der Waals surface area contributed by atoms with E-state index in [9.17, 15) is 9.90 Å². The Bertz CT molecular complexity index is 585. The van der Waals surface area contributed by atoms with Gasteiger partial charge < -0.3 is 14.8 Å². The van der Waals surface area contributed by atoms with Gasteiger partial charge in [0.25, 0.3) is 5.91 Å². The van der Waals surface area contributed by atoms with Crippen LogP contribution in [0.5, 0.6) is 0 Å². The van der Waals surface area contributed by atoms with Crippen LogP contribution in [-0.2, 0) is 0 Å². The Labute approximate surface area is 111 Å². The zero-order chi connectivity index (χ0) is 14.0. The van der Waals surface area contributed by atoms with Gasteiger partial charge in [-0.05, 0) is 31.5 Å². The SMILES string of the molecule is Cc1nc(C)c(C(=O)Nc2ccc(C(C)O)cc2)o1. The molecule has 5 nitrogen and oxygen atoms in total. The largest absolute Gasteiger partial charge is 0.436 e. The summed E-state index contributed by atoms with van der Waals surface area (Å²) in [5, 5.41) is 12.1. The van der Waals surface area contributed by atoms with Crippen LogP contribution in [-0.4, -0.2) is 16.0 Å². The van der Waals surface area contributed by atoms with E-state index >= 15 is 0 Å². The summed E-state index contributed by atoms with van der Waals surface area (Å²) in [6.07, 6.45) is -0.524. The molecule has 1 amide bonds. The molecule has 0 radical (unpaired) electrons. The third-order valence-electron chi connectivity index (χ3n) is 2.76. The average molecular weight is 260 g/mol. The highest BCUT2D eigenvalue weighted by molar-refractivity contribution is 6.02. The molecule has 0 spiro atoms. The highest BCUT2D eigenvalue weighted by Crippen LogP contribution is 2.17. The van der Waals surface area contributed by atoms with Crippen molar-refractivity contribution in [3.8, 4) is 0 Å². The van der Waals surface area contributed by atoms with Gasteiger partial charge in [-0.25, -0.2) is 4.98 Å². The molecular formula is C14H16N2O3. The Balaban J connectivity index is 2.13. The van der Waals surface area contributed by atoms with E-state index in [1.165, 1.54) is 0 Å². The molecule has 1 aromatic heterocycles. The molecule has 5 heteroatoms. The monoisotopic (exact) mass is 260 g/mol. The van der Waals surface area contributed by atoms with E-state index < -0.39 is 6.10 Å². The smallest absolute Gasteiger partial charge is 0.293 e. The van der Waals surface area contributed by atoms with Crippen molar-refractivity contribution < 1.29 is 14.3 Å². The van der Waals surface area contributed by atoms with Gasteiger partial charge in [-0.15, -0.1) is 0 Å². The lowest BCUT2D eigenvalue weighted by atomic mass is 10.1. The molecule has 1 heterocycles. The summed E-state index contributed by atoms with van der Waals surface area (Å²) in [5.41, 5.74) is 2.00. The summed E-state index contributed by atoms with van der Waals surface area (Å²) >= 11 is 0. The second-order valence-corrected chi connectivity index (χ2v) is 4.40. The Morgan fingerprint density at radius 3 is 2.42 bits per heavy atom. The van der Waals surface area contributed by atoms with Crippen LogP contribution in [0.4, 0.5) is 5.69 Å². The molecule has 100 valence electrons. The summed E-state index contributed by atoms with van der Waals surface area (Å²) < 4.78 is 5.25. The molecule has 1 unspecified atom stereocenters. The summed E-state index contributed by atoms with van der Waals surface area (Å²) in [6, 6.07) is 6.99. The normalized spacial score (nSPS) is 12.2. The van der Waals surface area contributed by atoms with Gasteiger partial charge in [0.1, 0.15) is 0 Å². The first-order chi connectivity index (χ1) is 8.97. The lowest BCUT2D eigenvalue weighted by Gasteiger charge is -2.07. The van der Waals surface area contributed by atoms with Gasteiger partial charge in [-0.1, -0.05) is 12.1 Å². The number of aryl methyl sites for hydroxylation is 2. The predicted octanol–water partition coefficient (Wildman–Crippen LogP) is 2.60. The van der Waals surface area contributed by atoms with Gasteiger partial charge >= 0.3 is 0 Å². The van der Waals surface area contributed by atoms with Gasteiger partial charge in [0.15, 0.2) is 5.89 Å². The minimum atomic E-state index is -0.524. The third kappa shape index (κ3) is 3.00. The number of hydrogen-bond donors (Lipinski definition) is 2. The van der Waals surface area contributed by atoms with Gasteiger partial charge in [0.2, 0.25) is 5.76 Å². The lowest BCUT2D eigenvalue weighted by molar-refractivity contribution is 0.0994. The average Bonchev–Trinajstić information content (AvgIpc) is 2.69. The van der Waals surface area contributed by atoms with Crippen LogP contribution in [0, 0.1) is 13.8 Å². The Morgan fingerprint density at radius 2 is 1.95 bits per heavy atom. The van der Waals surface area contributed by atoms with Crippen molar-refractivity contribution in [1.29, 1.82) is 0 Å². The number of benzene rings is 1. The first-order valence-corrected chi connectivity index (χ1v) is 6.01. The summed E-state index contributed by atoms with van der Waals surface area (Å²) in [6.45, 7) is 5.11. The number of nitrogens with one attached hydrogen (secondary N) is 1. The molecule has 19 heavy (non-hydrogen) atoms. The number of aliphatic hydroxyl groups excluding tert-OH is 1. The predicted molar refractivity (Wildman–Crippen MR) is 71.0 cm³/mol. The van der Waals surface area contributed by atoms with Crippen LogP contribution in [0.15, 0.2) is 28.7 Å². The topological polar surface area (TPSA) is 75.4 Å². The number of aliphatic hydroxyl groups is 1. The van der Waals surface area contributed by atoms with E-state index in [1.807, 2.05) is 0 Å². The van der Waals surface area contributed by atoms with Gasteiger partial charge in [0, 0.05) is 12.6 Å². The van der Waals surface area contributed by atoms with Gasteiger partial charge in [0.05, 0.1) is 11.8 Å². The fraction of sp³-hybridized carbons (Fsp3) is 0.286. The highest BCUT2D eigenvalue weighted by atomic mass is 16.4. The third-order valence-corrected chi connectivity index (χ3v) is 2.76. The molecule has 0 saturated heterocycles. The van der Waals surface area contributed by atoms with E-state index in [0.29, 0.717) is 17.3 Å². The molecule has 0 aliphatic carbocycles. The first kappa shape index (κ1) is 13.3. The molecule has 0 aliphatic heterocycles. The molecule has 2 rings (SSSR count). The number of aromatic nitrogens is 1. The van der Waals surface area contributed by atoms with Crippen LogP contribution in [0.25, 0.3) is 0 Å². The van der Waals surface area contributed by atoms with Gasteiger partial charge in [-0.3, -0.25) is 4.79 Å². The van der Waals surface area contributed by atoms with Gasteiger partial charge in [-0.2, -0.15) is 0 Å². The summed E-state index contributed by atoms with van der Waals surface area (Å²) in [4.78, 5) is 16.0. The van der Waals surface area contributed by atoms with E-state index in [1.54, 1.807) is 45.0 Å². The zero-order valence-corrected chi connectivity index (χ0v) is 11.1. The van der Waals surface area contributed by atoms with Crippen LogP contribution in [0.2, 0.25) is 0 Å². The zero-order valence-electron chi connectivity index (χ0n) is 11.1. The molecule has 2 N–H and O–H groups in total. The minimum absolute atomic E-state index is 0.220. The lowest BCUT2D eigenvalue weighted by Crippen LogP contribution is -2.12. The standard InChI is InChI=1S/C14H16N2O3/c1-8-13(19-10(3)15-8)14(18)16-12-6-4-11(5-7-12)9(2)17/h4-7,9,17H,1-3H3,(H,16,18). The number of rotatable bonds is 3. The van der Waals surface area contributed by atoms with Crippen LogP contribution >= 0.6 is 0 Å². The number of oxazole rings is 1. The fourth-order valence-corrected chi connectivity index (χ4v) is 1.77. The highest BCUT2D eigenvalue weighted by Gasteiger charge is 2.15. The Hall–Kier alpha value is -2.14. The van der Waals surface area contributed by atoms with Crippen molar-refractivity contribution in [3.05, 3.63) is 47.2 Å². The Morgan fingerprint density at radius 1 is 1.32 bits per heavy atom. The molecule has 1 atom stereocenters. The maximum atomic E-state index is 12.0. The second kappa shape index (κ2) is 5.24. The molecule has 0 fully saturated rings. The van der Waals surface area contributed by atoms with Crippen LogP contribution in [0.3, 0.4) is 0 Å². The molecule has 0 bridgehead atoms.